The summed E-state index contributed by atoms with van der Waals surface area (Å²) in [5, 5.41) is 13.9. The minimum Gasteiger partial charge on any atom is -0.494 e. The Morgan fingerprint density at radius 1 is 1.26 bits per heavy atom. The minimum absolute atomic E-state index is 0.0149. The lowest BCUT2D eigenvalue weighted by Crippen LogP contribution is -1.93. The molecule has 19 heavy (non-hydrogen) atoms. The van der Waals surface area contributed by atoms with E-state index >= 15 is 0 Å². The fourth-order valence-corrected chi connectivity index (χ4v) is 2.14. The second-order valence-electron chi connectivity index (χ2n) is 3.99. The third kappa shape index (κ3) is 1.98. The monoisotopic (exact) mass is 275 g/mol. The first-order chi connectivity index (χ1) is 9.19. The number of pyridine rings is 2. The molecule has 0 radical (unpaired) electrons. The molecule has 0 aromatic carbocycles. The van der Waals surface area contributed by atoms with Crippen molar-refractivity contribution in [3.8, 4) is 22.8 Å². The molecule has 0 aliphatic heterocycles. The highest BCUT2D eigenvalue weighted by Crippen LogP contribution is 2.31. The molecule has 1 N–H and O–H groups in total. The maximum atomic E-state index is 9.21. The zero-order valence-electron chi connectivity index (χ0n) is 10.0. The molecule has 3 heterocycles. The van der Waals surface area contributed by atoms with Gasteiger partial charge in [-0.1, -0.05) is 11.6 Å². The first kappa shape index (κ1) is 11.8. The first-order valence-corrected chi connectivity index (χ1v) is 5.93. The van der Waals surface area contributed by atoms with Crippen molar-refractivity contribution in [2.24, 2.45) is 0 Å². The van der Waals surface area contributed by atoms with Crippen molar-refractivity contribution in [2.75, 3.05) is 7.11 Å². The van der Waals surface area contributed by atoms with Crippen molar-refractivity contribution in [1.82, 2.24) is 14.6 Å². The normalized spacial score (nSPS) is 10.8. The fourth-order valence-electron chi connectivity index (χ4n) is 1.92. The highest BCUT2D eigenvalue weighted by Gasteiger charge is 2.11. The summed E-state index contributed by atoms with van der Waals surface area (Å²) in [6.07, 6.45) is 4.98. The number of halogens is 1. The van der Waals surface area contributed by atoms with E-state index in [1.54, 1.807) is 30.1 Å². The van der Waals surface area contributed by atoms with Gasteiger partial charge in [-0.05, 0) is 12.1 Å². The van der Waals surface area contributed by atoms with E-state index in [1.807, 2.05) is 12.3 Å². The molecule has 0 spiro atoms. The zero-order valence-corrected chi connectivity index (χ0v) is 10.8. The minimum atomic E-state index is -0.0149. The molecule has 0 aliphatic carbocycles. The number of methoxy groups -OCH3 is 1. The molecule has 0 saturated carbocycles. The molecule has 3 aromatic rings. The van der Waals surface area contributed by atoms with E-state index < -0.39 is 0 Å². The number of aromatic hydroxyl groups is 1. The van der Waals surface area contributed by atoms with Gasteiger partial charge < -0.3 is 9.84 Å². The Labute approximate surface area is 114 Å². The van der Waals surface area contributed by atoms with Gasteiger partial charge in [0.15, 0.2) is 0 Å². The summed E-state index contributed by atoms with van der Waals surface area (Å²) < 4.78 is 6.99. The third-order valence-corrected chi connectivity index (χ3v) is 3.11. The Balaban J connectivity index is 2.22. The average molecular weight is 276 g/mol. The SMILES string of the molecule is COc1cc(-c2ccc(O)nc2)cn2ncc(Cl)c12. The van der Waals surface area contributed by atoms with Crippen LogP contribution in [0.3, 0.4) is 0 Å². The average Bonchev–Trinajstić information content (AvgIpc) is 2.80. The van der Waals surface area contributed by atoms with Crippen LogP contribution in [0.4, 0.5) is 0 Å². The Morgan fingerprint density at radius 3 is 2.79 bits per heavy atom. The summed E-state index contributed by atoms with van der Waals surface area (Å²) in [5.74, 6) is 0.618. The van der Waals surface area contributed by atoms with Gasteiger partial charge >= 0.3 is 0 Å². The van der Waals surface area contributed by atoms with Gasteiger partial charge in [0.25, 0.3) is 0 Å². The molecule has 6 heteroatoms. The van der Waals surface area contributed by atoms with Crippen LogP contribution in [-0.4, -0.2) is 26.8 Å². The summed E-state index contributed by atoms with van der Waals surface area (Å²) in [5.41, 5.74) is 2.45. The van der Waals surface area contributed by atoms with Crippen LogP contribution in [0.15, 0.2) is 36.8 Å². The lowest BCUT2D eigenvalue weighted by Gasteiger charge is -2.07. The van der Waals surface area contributed by atoms with Crippen LogP contribution >= 0.6 is 11.6 Å². The van der Waals surface area contributed by atoms with E-state index in [-0.39, 0.29) is 5.88 Å². The topological polar surface area (TPSA) is 59.7 Å². The van der Waals surface area contributed by atoms with Crippen molar-refractivity contribution >= 4 is 17.1 Å². The van der Waals surface area contributed by atoms with E-state index in [0.29, 0.717) is 10.8 Å². The van der Waals surface area contributed by atoms with Gasteiger partial charge in [0.05, 0.1) is 18.3 Å². The van der Waals surface area contributed by atoms with E-state index in [1.165, 1.54) is 6.07 Å². The molecule has 0 unspecified atom stereocenters. The van der Waals surface area contributed by atoms with Gasteiger partial charge in [0.2, 0.25) is 5.88 Å². The summed E-state index contributed by atoms with van der Waals surface area (Å²) in [6.45, 7) is 0. The van der Waals surface area contributed by atoms with Crippen molar-refractivity contribution in [3.63, 3.8) is 0 Å². The van der Waals surface area contributed by atoms with E-state index in [0.717, 1.165) is 16.6 Å². The van der Waals surface area contributed by atoms with Crippen LogP contribution in [0.1, 0.15) is 0 Å². The Bertz CT molecular complexity index is 737. The summed E-state index contributed by atoms with van der Waals surface area (Å²) in [7, 11) is 1.58. The Hall–Kier alpha value is -2.27. The van der Waals surface area contributed by atoms with Gasteiger partial charge in [-0.15, -0.1) is 0 Å². The summed E-state index contributed by atoms with van der Waals surface area (Å²) in [4.78, 5) is 3.86. The number of nitrogens with zero attached hydrogens (tertiary/aromatic N) is 3. The van der Waals surface area contributed by atoms with Crippen LogP contribution in [0.25, 0.3) is 16.6 Å². The second-order valence-corrected chi connectivity index (χ2v) is 4.40. The molecule has 0 fully saturated rings. The maximum absolute atomic E-state index is 9.21. The van der Waals surface area contributed by atoms with Crippen LogP contribution < -0.4 is 4.74 Å². The van der Waals surface area contributed by atoms with E-state index in [2.05, 4.69) is 10.1 Å². The maximum Gasteiger partial charge on any atom is 0.210 e. The lowest BCUT2D eigenvalue weighted by atomic mass is 10.1. The number of aromatic nitrogens is 3. The predicted molar refractivity (Wildman–Crippen MR) is 71.6 cm³/mol. The zero-order chi connectivity index (χ0) is 13.4. The van der Waals surface area contributed by atoms with Gasteiger partial charge in [-0.2, -0.15) is 5.10 Å². The molecule has 0 bridgehead atoms. The quantitative estimate of drug-likeness (QED) is 0.781. The highest BCUT2D eigenvalue weighted by molar-refractivity contribution is 6.34. The second kappa shape index (κ2) is 4.44. The van der Waals surface area contributed by atoms with Crippen molar-refractivity contribution < 1.29 is 9.84 Å². The summed E-state index contributed by atoms with van der Waals surface area (Å²) >= 11 is 6.07. The molecule has 0 atom stereocenters. The number of rotatable bonds is 2. The molecule has 0 aliphatic rings. The molecule has 5 nitrogen and oxygen atoms in total. The highest BCUT2D eigenvalue weighted by atomic mass is 35.5. The predicted octanol–water partition coefficient (Wildman–Crippen LogP) is 2.76. The lowest BCUT2D eigenvalue weighted by molar-refractivity contribution is 0.417. The van der Waals surface area contributed by atoms with Crippen molar-refractivity contribution in [3.05, 3.63) is 41.8 Å². The number of fused-ring (bicyclic) bond motifs is 1. The number of hydrogen-bond acceptors (Lipinski definition) is 4. The van der Waals surface area contributed by atoms with Crippen LogP contribution in [-0.2, 0) is 0 Å². The van der Waals surface area contributed by atoms with Gasteiger partial charge in [-0.3, -0.25) is 0 Å². The first-order valence-electron chi connectivity index (χ1n) is 5.55. The molecule has 3 rings (SSSR count). The molecule has 3 aromatic heterocycles. The number of hydrogen-bond donors (Lipinski definition) is 1. The van der Waals surface area contributed by atoms with Crippen molar-refractivity contribution in [2.45, 2.75) is 0 Å². The van der Waals surface area contributed by atoms with Crippen LogP contribution in [0, 0.1) is 0 Å². The van der Waals surface area contributed by atoms with E-state index in [4.69, 9.17) is 16.3 Å². The standard InChI is InChI=1S/C13H10ClN3O2/c1-19-11-4-9(8-2-3-12(18)15-5-8)7-17-13(11)10(14)6-16-17/h2-7H,1H3,(H,15,18). The van der Waals surface area contributed by atoms with Crippen molar-refractivity contribution in [1.29, 1.82) is 0 Å². The molecule has 96 valence electrons. The Kier molecular flexibility index (Phi) is 2.76. The Morgan fingerprint density at radius 2 is 2.11 bits per heavy atom. The molecular formula is C13H10ClN3O2. The van der Waals surface area contributed by atoms with Gasteiger partial charge in [-0.25, -0.2) is 9.50 Å². The largest absolute Gasteiger partial charge is 0.494 e. The van der Waals surface area contributed by atoms with Crippen LogP contribution in [0.5, 0.6) is 11.6 Å². The van der Waals surface area contributed by atoms with E-state index in [9.17, 15) is 5.11 Å². The summed E-state index contributed by atoms with van der Waals surface area (Å²) in [6, 6.07) is 5.16. The molecule has 0 saturated heterocycles. The number of ether oxygens (including phenoxy) is 1. The fraction of sp³-hybridized carbons (Fsp3) is 0.0769. The third-order valence-electron chi connectivity index (χ3n) is 2.83. The van der Waals surface area contributed by atoms with Gasteiger partial charge in [0.1, 0.15) is 11.3 Å². The van der Waals surface area contributed by atoms with Gasteiger partial charge in [0, 0.05) is 29.6 Å². The smallest absolute Gasteiger partial charge is 0.210 e. The molecular weight excluding hydrogens is 266 g/mol. The molecule has 0 amide bonds. The van der Waals surface area contributed by atoms with Crippen LogP contribution in [0.2, 0.25) is 5.02 Å².